The molecule has 0 bridgehead atoms. The van der Waals surface area contributed by atoms with E-state index in [0.29, 0.717) is 12.0 Å². The van der Waals surface area contributed by atoms with Gasteiger partial charge in [0.05, 0.1) is 11.7 Å². The molecule has 1 unspecified atom stereocenters. The van der Waals surface area contributed by atoms with Crippen molar-refractivity contribution in [1.82, 2.24) is 14.7 Å². The molecule has 0 radical (unpaired) electrons. The molecule has 112 valence electrons. The maximum absolute atomic E-state index is 4.88. The van der Waals surface area contributed by atoms with Crippen LogP contribution in [0.1, 0.15) is 32.2 Å². The summed E-state index contributed by atoms with van der Waals surface area (Å²) in [6.45, 7) is 9.42. The van der Waals surface area contributed by atoms with Crippen LogP contribution in [0.3, 0.4) is 0 Å². The molecule has 3 heterocycles. The molecular formula is C13H21Cl2N5. The highest BCUT2D eigenvalue weighted by Crippen LogP contribution is 2.33. The van der Waals surface area contributed by atoms with E-state index in [-0.39, 0.29) is 24.8 Å². The normalized spacial score (nSPS) is 19.7. The van der Waals surface area contributed by atoms with Crippen molar-refractivity contribution < 1.29 is 0 Å². The Bertz CT molecular complexity index is 574. The molecule has 1 aromatic heterocycles. The minimum Gasteiger partial charge on any atom is -0.311 e. The van der Waals surface area contributed by atoms with Crippen LogP contribution < -0.4 is 0 Å². The summed E-state index contributed by atoms with van der Waals surface area (Å²) >= 11 is 0. The van der Waals surface area contributed by atoms with E-state index in [1.165, 1.54) is 0 Å². The molecule has 0 saturated carbocycles. The van der Waals surface area contributed by atoms with Crippen LogP contribution >= 0.6 is 24.8 Å². The van der Waals surface area contributed by atoms with E-state index in [4.69, 9.17) is 4.99 Å². The number of aromatic nitrogens is 2. The van der Waals surface area contributed by atoms with E-state index in [1.807, 2.05) is 25.6 Å². The monoisotopic (exact) mass is 317 g/mol. The molecule has 2 aliphatic rings. The van der Waals surface area contributed by atoms with Gasteiger partial charge in [-0.05, 0) is 19.8 Å². The molecule has 2 aliphatic heterocycles. The highest BCUT2D eigenvalue weighted by Gasteiger charge is 2.36. The number of aliphatic imine (C=N–C) groups is 2. The first-order chi connectivity index (χ1) is 8.49. The Morgan fingerprint density at radius 1 is 1.20 bits per heavy atom. The number of rotatable bonds is 1. The maximum Gasteiger partial charge on any atom is 0.157 e. The lowest BCUT2D eigenvalue weighted by Gasteiger charge is -2.24. The van der Waals surface area contributed by atoms with Crippen LogP contribution in [0.4, 0.5) is 5.69 Å². The quantitative estimate of drug-likeness (QED) is 0.799. The molecular weight excluding hydrogens is 297 g/mol. The number of hydrogen-bond acceptors (Lipinski definition) is 4. The second-order valence-electron chi connectivity index (χ2n) is 5.44. The van der Waals surface area contributed by atoms with Crippen LogP contribution in [0.15, 0.2) is 9.98 Å². The van der Waals surface area contributed by atoms with Gasteiger partial charge in [-0.15, -0.1) is 24.8 Å². The number of fused-ring (bicyclic) bond motifs is 3. The second-order valence-corrected chi connectivity index (χ2v) is 5.44. The largest absolute Gasteiger partial charge is 0.311 e. The summed E-state index contributed by atoms with van der Waals surface area (Å²) in [6.07, 6.45) is 0. The molecule has 0 amide bonds. The van der Waals surface area contributed by atoms with Gasteiger partial charge in [-0.3, -0.25) is 9.67 Å². The topological polar surface area (TPSA) is 45.8 Å². The molecule has 0 N–H and O–H groups in total. The Hall–Kier alpha value is -1.07. The molecule has 0 saturated heterocycles. The summed E-state index contributed by atoms with van der Waals surface area (Å²) in [6, 6.07) is 0.353. The third-order valence-electron chi connectivity index (χ3n) is 3.75. The second kappa shape index (κ2) is 5.74. The third-order valence-corrected chi connectivity index (χ3v) is 3.75. The first kappa shape index (κ1) is 17.0. The molecule has 5 nitrogen and oxygen atoms in total. The van der Waals surface area contributed by atoms with E-state index >= 15 is 0 Å². The zero-order valence-corrected chi connectivity index (χ0v) is 14.0. The van der Waals surface area contributed by atoms with Crippen molar-refractivity contribution in [2.75, 3.05) is 6.54 Å². The van der Waals surface area contributed by atoms with Crippen LogP contribution in [0.25, 0.3) is 0 Å². The van der Waals surface area contributed by atoms with Crippen molar-refractivity contribution in [2.45, 2.75) is 33.7 Å². The Morgan fingerprint density at radius 3 is 2.45 bits per heavy atom. The molecule has 0 aliphatic carbocycles. The molecule has 20 heavy (non-hydrogen) atoms. The summed E-state index contributed by atoms with van der Waals surface area (Å²) in [7, 11) is 1.96. The third kappa shape index (κ3) is 2.33. The van der Waals surface area contributed by atoms with Gasteiger partial charge in [0.2, 0.25) is 0 Å². The highest BCUT2D eigenvalue weighted by molar-refractivity contribution is 6.15. The van der Waals surface area contributed by atoms with Crippen LogP contribution in [-0.4, -0.2) is 38.9 Å². The molecule has 0 spiro atoms. The fourth-order valence-electron chi connectivity index (χ4n) is 2.63. The van der Waals surface area contributed by atoms with E-state index in [1.54, 1.807) is 0 Å². The molecule has 1 aromatic rings. The van der Waals surface area contributed by atoms with E-state index < -0.39 is 0 Å². The predicted octanol–water partition coefficient (Wildman–Crippen LogP) is 2.72. The van der Waals surface area contributed by atoms with E-state index in [0.717, 1.165) is 35.3 Å². The average molecular weight is 318 g/mol. The first-order valence-corrected chi connectivity index (χ1v) is 6.43. The van der Waals surface area contributed by atoms with Gasteiger partial charge in [-0.1, -0.05) is 13.8 Å². The zero-order valence-electron chi connectivity index (χ0n) is 12.4. The molecule has 3 rings (SSSR count). The maximum atomic E-state index is 4.88. The predicted molar refractivity (Wildman–Crippen MR) is 87.1 cm³/mol. The Morgan fingerprint density at radius 2 is 1.85 bits per heavy atom. The smallest absolute Gasteiger partial charge is 0.157 e. The summed E-state index contributed by atoms with van der Waals surface area (Å²) in [4.78, 5) is 11.8. The van der Waals surface area contributed by atoms with Crippen LogP contribution in [0.5, 0.6) is 0 Å². The van der Waals surface area contributed by atoms with Crippen molar-refractivity contribution >= 4 is 42.2 Å². The lowest BCUT2D eigenvalue weighted by atomic mass is 10.1. The summed E-state index contributed by atoms with van der Waals surface area (Å²) in [5.74, 6) is 2.62. The number of nitrogens with zero attached hydrogens (tertiary/aromatic N) is 5. The van der Waals surface area contributed by atoms with Gasteiger partial charge in [0.15, 0.2) is 5.84 Å². The number of halogens is 2. The van der Waals surface area contributed by atoms with Crippen molar-refractivity contribution in [2.24, 2.45) is 23.0 Å². The van der Waals surface area contributed by atoms with E-state index in [9.17, 15) is 0 Å². The molecule has 1 atom stereocenters. The van der Waals surface area contributed by atoms with Gasteiger partial charge in [-0.25, -0.2) is 4.99 Å². The fraction of sp³-hybridized carbons (Fsp3) is 0.615. The van der Waals surface area contributed by atoms with Gasteiger partial charge >= 0.3 is 0 Å². The van der Waals surface area contributed by atoms with Crippen molar-refractivity contribution in [3.05, 3.63) is 11.4 Å². The average Bonchev–Trinajstić information content (AvgIpc) is 2.82. The summed E-state index contributed by atoms with van der Waals surface area (Å²) < 4.78 is 1.90. The minimum atomic E-state index is 0. The minimum absolute atomic E-state index is 0. The summed E-state index contributed by atoms with van der Waals surface area (Å²) in [5, 5.41) is 4.46. The number of hydrogen-bond donors (Lipinski definition) is 0. The van der Waals surface area contributed by atoms with E-state index in [2.05, 4.69) is 28.8 Å². The van der Waals surface area contributed by atoms with Crippen molar-refractivity contribution in [3.63, 3.8) is 0 Å². The first-order valence-electron chi connectivity index (χ1n) is 6.43. The molecule has 7 heteroatoms. The van der Waals surface area contributed by atoms with Crippen LogP contribution in [-0.2, 0) is 7.05 Å². The Kier molecular flexibility index (Phi) is 4.87. The van der Waals surface area contributed by atoms with Gasteiger partial charge in [0.25, 0.3) is 0 Å². The molecule has 0 aromatic carbocycles. The van der Waals surface area contributed by atoms with Crippen LogP contribution in [0.2, 0.25) is 0 Å². The fourth-order valence-corrected chi connectivity index (χ4v) is 2.63. The Balaban J connectivity index is 0.000001000. The van der Waals surface area contributed by atoms with Gasteiger partial charge in [0.1, 0.15) is 17.2 Å². The van der Waals surface area contributed by atoms with Gasteiger partial charge in [0, 0.05) is 13.6 Å². The number of amidine groups is 2. The lowest BCUT2D eigenvalue weighted by molar-refractivity contribution is 0.462. The highest BCUT2D eigenvalue weighted by atomic mass is 35.5. The Labute approximate surface area is 132 Å². The number of aryl methyl sites for hydroxylation is 2. The lowest BCUT2D eigenvalue weighted by Crippen LogP contribution is -2.37. The van der Waals surface area contributed by atoms with Crippen molar-refractivity contribution in [1.29, 1.82) is 0 Å². The zero-order chi connectivity index (χ0) is 13.0. The summed E-state index contributed by atoms with van der Waals surface area (Å²) in [5.41, 5.74) is 3.01. The van der Waals surface area contributed by atoms with Crippen LogP contribution in [0, 0.1) is 12.8 Å². The van der Waals surface area contributed by atoms with Gasteiger partial charge in [-0.2, -0.15) is 5.10 Å². The van der Waals surface area contributed by atoms with Gasteiger partial charge < -0.3 is 4.90 Å². The van der Waals surface area contributed by atoms with Crippen molar-refractivity contribution in [3.8, 4) is 0 Å². The molecule has 0 fully saturated rings. The SMILES string of the molecule is CC1=Nc2c(C)nn(C)c2C2=NC(C(C)C)CN12.Cl.Cl. The standard InChI is InChI=1S/C13H19N5.2ClH/c1-7(2)10-6-18-9(4)14-11-8(3)16-17(5)12(11)13(18)15-10;;/h7,10H,6H2,1-5H3;2*1H.